The molecule has 0 radical (unpaired) electrons. The Balaban J connectivity index is 1.70. The topological polar surface area (TPSA) is 111 Å². The van der Waals surface area contributed by atoms with Crippen LogP contribution in [0.2, 0.25) is 0 Å². The molecule has 3 rings (SSSR count). The third-order valence-corrected chi connectivity index (χ3v) is 3.96. The molecule has 0 aliphatic carbocycles. The summed E-state index contributed by atoms with van der Waals surface area (Å²) in [6, 6.07) is 6.86. The summed E-state index contributed by atoms with van der Waals surface area (Å²) in [7, 11) is 0. The SMILES string of the molecule is Cc1cccc(N2CCC[C@@H](NC(=O)c3cc(=O)[nH]c(=O)[nH]3)C2)n1. The molecule has 8 nitrogen and oxygen atoms in total. The van der Waals surface area contributed by atoms with Gasteiger partial charge in [-0.25, -0.2) is 9.78 Å². The van der Waals surface area contributed by atoms with Gasteiger partial charge in [0.25, 0.3) is 11.5 Å². The summed E-state index contributed by atoms with van der Waals surface area (Å²) in [6.07, 6.45) is 1.76. The third kappa shape index (κ3) is 3.70. The molecule has 0 bridgehead atoms. The van der Waals surface area contributed by atoms with Gasteiger partial charge in [0.05, 0.1) is 0 Å². The zero-order valence-electron chi connectivity index (χ0n) is 13.3. The normalized spacial score (nSPS) is 17.5. The molecule has 0 unspecified atom stereocenters. The van der Waals surface area contributed by atoms with Crippen LogP contribution < -0.4 is 21.5 Å². The lowest BCUT2D eigenvalue weighted by molar-refractivity contribution is 0.0927. The monoisotopic (exact) mass is 329 g/mol. The van der Waals surface area contributed by atoms with Gasteiger partial charge in [-0.15, -0.1) is 0 Å². The van der Waals surface area contributed by atoms with Crippen LogP contribution in [0, 0.1) is 6.92 Å². The number of nitrogens with one attached hydrogen (secondary N) is 3. The molecule has 1 saturated heterocycles. The van der Waals surface area contributed by atoms with E-state index in [-0.39, 0.29) is 11.7 Å². The fourth-order valence-corrected chi connectivity index (χ4v) is 2.86. The molecular weight excluding hydrogens is 310 g/mol. The van der Waals surface area contributed by atoms with Crippen molar-refractivity contribution in [3.05, 3.63) is 56.5 Å². The minimum absolute atomic E-state index is 0.0328. The van der Waals surface area contributed by atoms with E-state index in [9.17, 15) is 14.4 Å². The van der Waals surface area contributed by atoms with E-state index in [0.717, 1.165) is 37.0 Å². The number of aromatic nitrogens is 3. The smallest absolute Gasteiger partial charge is 0.326 e. The van der Waals surface area contributed by atoms with Gasteiger partial charge in [0, 0.05) is 30.9 Å². The molecule has 0 spiro atoms. The zero-order chi connectivity index (χ0) is 17.1. The van der Waals surface area contributed by atoms with E-state index in [0.29, 0.717) is 6.54 Å². The Bertz CT molecular complexity index is 829. The first kappa shape index (κ1) is 16.0. The fourth-order valence-electron chi connectivity index (χ4n) is 2.86. The second-order valence-corrected chi connectivity index (χ2v) is 5.90. The molecule has 0 aromatic carbocycles. The number of H-pyrrole nitrogens is 2. The number of nitrogens with zero attached hydrogens (tertiary/aromatic N) is 2. The molecule has 0 saturated carbocycles. The Morgan fingerprint density at radius 3 is 2.92 bits per heavy atom. The first-order chi connectivity index (χ1) is 11.5. The van der Waals surface area contributed by atoms with E-state index >= 15 is 0 Å². The Hall–Kier alpha value is -2.90. The van der Waals surface area contributed by atoms with E-state index < -0.39 is 17.2 Å². The maximum atomic E-state index is 12.2. The predicted molar refractivity (Wildman–Crippen MR) is 89.4 cm³/mol. The van der Waals surface area contributed by atoms with Crippen molar-refractivity contribution < 1.29 is 4.79 Å². The largest absolute Gasteiger partial charge is 0.355 e. The van der Waals surface area contributed by atoms with Crippen LogP contribution in [-0.4, -0.2) is 40.0 Å². The van der Waals surface area contributed by atoms with Gasteiger partial charge >= 0.3 is 5.69 Å². The minimum atomic E-state index is -0.693. The molecular formula is C16H19N5O3. The van der Waals surface area contributed by atoms with Crippen LogP contribution in [0.15, 0.2) is 33.9 Å². The molecule has 1 atom stereocenters. The molecule has 8 heteroatoms. The quantitative estimate of drug-likeness (QED) is 0.743. The van der Waals surface area contributed by atoms with Gasteiger partial charge in [-0.3, -0.25) is 14.6 Å². The molecule has 2 aromatic heterocycles. The first-order valence-corrected chi connectivity index (χ1v) is 7.84. The van der Waals surface area contributed by atoms with Gasteiger partial charge in [-0.05, 0) is 31.9 Å². The number of rotatable bonds is 3. The highest BCUT2D eigenvalue weighted by molar-refractivity contribution is 5.92. The summed E-state index contributed by atoms with van der Waals surface area (Å²) in [5.74, 6) is 0.431. The Labute approximate surface area is 137 Å². The van der Waals surface area contributed by atoms with Crippen LogP contribution in [0.3, 0.4) is 0 Å². The van der Waals surface area contributed by atoms with Gasteiger partial charge in [-0.1, -0.05) is 6.07 Å². The van der Waals surface area contributed by atoms with Crippen molar-refractivity contribution in [1.29, 1.82) is 0 Å². The van der Waals surface area contributed by atoms with Crippen LogP contribution in [0.4, 0.5) is 5.82 Å². The molecule has 3 N–H and O–H groups in total. The van der Waals surface area contributed by atoms with Crippen molar-refractivity contribution >= 4 is 11.7 Å². The van der Waals surface area contributed by atoms with E-state index in [1.165, 1.54) is 0 Å². The number of amides is 1. The van der Waals surface area contributed by atoms with Crippen LogP contribution in [0.5, 0.6) is 0 Å². The maximum Gasteiger partial charge on any atom is 0.326 e. The number of carbonyl (C=O) groups is 1. The standard InChI is InChI=1S/C16H19N5O3/c1-10-4-2-6-13(17-10)21-7-3-5-11(9-21)18-15(23)12-8-14(22)20-16(24)19-12/h2,4,6,8,11H,3,5,7,9H2,1H3,(H,18,23)(H2,19,20,22,24)/t11-/m1/s1. The van der Waals surface area contributed by atoms with Crippen molar-refractivity contribution in [2.24, 2.45) is 0 Å². The summed E-state index contributed by atoms with van der Waals surface area (Å²) in [6.45, 7) is 3.45. The number of hydrogen-bond acceptors (Lipinski definition) is 5. The number of anilines is 1. The van der Waals surface area contributed by atoms with Crippen LogP contribution in [-0.2, 0) is 0 Å². The van der Waals surface area contributed by atoms with Gasteiger partial charge in [0.2, 0.25) is 0 Å². The van der Waals surface area contributed by atoms with Crippen LogP contribution in [0.25, 0.3) is 0 Å². The first-order valence-electron chi connectivity index (χ1n) is 7.84. The number of pyridine rings is 1. The number of aromatic amines is 2. The Morgan fingerprint density at radius 2 is 2.17 bits per heavy atom. The van der Waals surface area contributed by atoms with Crippen LogP contribution >= 0.6 is 0 Å². The molecule has 126 valence electrons. The Morgan fingerprint density at radius 1 is 1.33 bits per heavy atom. The highest BCUT2D eigenvalue weighted by Gasteiger charge is 2.23. The van der Waals surface area contributed by atoms with E-state index in [2.05, 4.69) is 20.2 Å². The summed E-state index contributed by atoms with van der Waals surface area (Å²) >= 11 is 0. The number of aryl methyl sites for hydroxylation is 1. The lowest BCUT2D eigenvalue weighted by Crippen LogP contribution is -2.48. The summed E-state index contributed by atoms with van der Waals surface area (Å²) in [4.78, 5) is 45.8. The second kappa shape index (κ2) is 6.69. The van der Waals surface area contributed by atoms with E-state index in [1.807, 2.05) is 30.1 Å². The van der Waals surface area contributed by atoms with Crippen molar-refractivity contribution in [2.75, 3.05) is 18.0 Å². The molecule has 1 amide bonds. The summed E-state index contributed by atoms with van der Waals surface area (Å²) < 4.78 is 0. The molecule has 2 aromatic rings. The highest BCUT2D eigenvalue weighted by atomic mass is 16.2. The molecule has 1 fully saturated rings. The minimum Gasteiger partial charge on any atom is -0.355 e. The number of piperidine rings is 1. The molecule has 3 heterocycles. The fraction of sp³-hybridized carbons (Fsp3) is 0.375. The van der Waals surface area contributed by atoms with E-state index in [1.54, 1.807) is 0 Å². The average molecular weight is 329 g/mol. The lowest BCUT2D eigenvalue weighted by Gasteiger charge is -2.34. The van der Waals surface area contributed by atoms with Gasteiger partial charge in [0.1, 0.15) is 11.5 Å². The van der Waals surface area contributed by atoms with Crippen molar-refractivity contribution in [2.45, 2.75) is 25.8 Å². The third-order valence-electron chi connectivity index (χ3n) is 3.96. The second-order valence-electron chi connectivity index (χ2n) is 5.90. The maximum absolute atomic E-state index is 12.2. The molecule has 24 heavy (non-hydrogen) atoms. The zero-order valence-corrected chi connectivity index (χ0v) is 13.3. The number of hydrogen-bond donors (Lipinski definition) is 3. The lowest BCUT2D eigenvalue weighted by atomic mass is 10.1. The Kier molecular flexibility index (Phi) is 4.45. The molecule has 1 aliphatic rings. The summed E-state index contributed by atoms with van der Waals surface area (Å²) in [5, 5.41) is 2.87. The van der Waals surface area contributed by atoms with Crippen molar-refractivity contribution in [1.82, 2.24) is 20.3 Å². The van der Waals surface area contributed by atoms with Crippen molar-refractivity contribution in [3.8, 4) is 0 Å². The van der Waals surface area contributed by atoms with E-state index in [4.69, 9.17) is 0 Å². The number of carbonyl (C=O) groups excluding carboxylic acids is 1. The highest BCUT2D eigenvalue weighted by Crippen LogP contribution is 2.18. The average Bonchev–Trinajstić information content (AvgIpc) is 2.54. The summed E-state index contributed by atoms with van der Waals surface area (Å²) in [5.41, 5.74) is -0.380. The van der Waals surface area contributed by atoms with Gasteiger partial charge in [0.15, 0.2) is 0 Å². The van der Waals surface area contributed by atoms with Crippen LogP contribution in [0.1, 0.15) is 29.0 Å². The predicted octanol–water partition coefficient (Wildman–Crippen LogP) is 0.165. The van der Waals surface area contributed by atoms with Gasteiger partial charge < -0.3 is 15.2 Å². The van der Waals surface area contributed by atoms with Crippen molar-refractivity contribution in [3.63, 3.8) is 0 Å². The van der Waals surface area contributed by atoms with Gasteiger partial charge in [-0.2, -0.15) is 0 Å². The molecule has 1 aliphatic heterocycles.